The molecule has 0 saturated carbocycles. The lowest BCUT2D eigenvalue weighted by molar-refractivity contribution is 0.0472. The molecule has 3 nitrogen and oxygen atoms in total. The number of hydrogen-bond acceptors (Lipinski definition) is 3. The minimum absolute atomic E-state index is 0.00824. The quantitative estimate of drug-likeness (QED) is 0.663. The Hall–Kier alpha value is -1.04. The Morgan fingerprint density at radius 1 is 1.20 bits per heavy atom. The maximum atomic E-state index is 14.3. The molecule has 1 aromatic carbocycles. The van der Waals surface area contributed by atoms with Gasteiger partial charge in [-0.2, -0.15) is 0 Å². The number of ether oxygens (including phenoxy) is 1. The van der Waals surface area contributed by atoms with Gasteiger partial charge in [-0.05, 0) is 38.3 Å². The van der Waals surface area contributed by atoms with E-state index >= 15 is 0 Å². The second-order valence-electron chi connectivity index (χ2n) is 5.72. The molecular formula is C15H22F2N2O. The molecular weight excluding hydrogens is 262 g/mol. The fourth-order valence-corrected chi connectivity index (χ4v) is 3.22. The van der Waals surface area contributed by atoms with Crippen LogP contribution in [-0.4, -0.2) is 12.2 Å². The zero-order valence-corrected chi connectivity index (χ0v) is 12.3. The molecule has 0 spiro atoms. The van der Waals surface area contributed by atoms with Gasteiger partial charge in [0.15, 0.2) is 0 Å². The fourth-order valence-electron chi connectivity index (χ4n) is 3.22. The smallest absolute Gasteiger partial charge is 0.133 e. The predicted octanol–water partition coefficient (Wildman–Crippen LogP) is 2.84. The molecule has 112 valence electrons. The van der Waals surface area contributed by atoms with Crippen molar-refractivity contribution in [2.45, 2.75) is 45.9 Å². The van der Waals surface area contributed by atoms with Crippen LogP contribution in [0.3, 0.4) is 0 Å². The van der Waals surface area contributed by atoms with E-state index in [1.165, 1.54) is 12.1 Å². The van der Waals surface area contributed by atoms with Crippen molar-refractivity contribution in [2.75, 3.05) is 0 Å². The summed E-state index contributed by atoms with van der Waals surface area (Å²) < 4.78 is 34.2. The highest BCUT2D eigenvalue weighted by Gasteiger charge is 2.43. The Morgan fingerprint density at radius 2 is 1.85 bits per heavy atom. The standard InChI is InChI=1S/C15H22F2N2O/c1-7-5-6-11(16)13(14(7)17)15(19-18)12-8(2)9(3)20-10(12)4/h5-6,8-10,12,15,19H,18H2,1-4H3. The van der Waals surface area contributed by atoms with Crippen molar-refractivity contribution in [3.8, 4) is 0 Å². The van der Waals surface area contributed by atoms with Crippen LogP contribution in [0.2, 0.25) is 0 Å². The van der Waals surface area contributed by atoms with E-state index in [1.54, 1.807) is 6.92 Å². The van der Waals surface area contributed by atoms with Crippen molar-refractivity contribution in [3.05, 3.63) is 34.9 Å². The topological polar surface area (TPSA) is 47.3 Å². The van der Waals surface area contributed by atoms with E-state index in [4.69, 9.17) is 10.6 Å². The third-order valence-electron chi connectivity index (χ3n) is 4.51. The van der Waals surface area contributed by atoms with E-state index < -0.39 is 17.7 Å². The van der Waals surface area contributed by atoms with Crippen molar-refractivity contribution in [1.82, 2.24) is 5.43 Å². The van der Waals surface area contributed by atoms with Gasteiger partial charge < -0.3 is 4.74 Å². The molecule has 5 unspecified atom stereocenters. The zero-order chi connectivity index (χ0) is 15.0. The van der Waals surface area contributed by atoms with Crippen LogP contribution in [0.5, 0.6) is 0 Å². The molecule has 3 N–H and O–H groups in total. The Labute approximate surface area is 118 Å². The monoisotopic (exact) mass is 284 g/mol. The van der Waals surface area contributed by atoms with E-state index in [0.29, 0.717) is 5.56 Å². The van der Waals surface area contributed by atoms with Gasteiger partial charge in [-0.25, -0.2) is 8.78 Å². The van der Waals surface area contributed by atoms with E-state index in [0.717, 1.165) is 0 Å². The Balaban J connectivity index is 2.46. The summed E-state index contributed by atoms with van der Waals surface area (Å²) in [6, 6.07) is 2.11. The fraction of sp³-hybridized carbons (Fsp3) is 0.600. The van der Waals surface area contributed by atoms with E-state index in [-0.39, 0.29) is 29.6 Å². The number of aryl methyl sites for hydroxylation is 1. The predicted molar refractivity (Wildman–Crippen MR) is 73.8 cm³/mol. The molecule has 0 radical (unpaired) electrons. The van der Waals surface area contributed by atoms with Crippen molar-refractivity contribution in [1.29, 1.82) is 0 Å². The third kappa shape index (κ3) is 2.45. The minimum atomic E-state index is -0.607. The molecule has 0 aliphatic carbocycles. The highest BCUT2D eigenvalue weighted by molar-refractivity contribution is 5.30. The largest absolute Gasteiger partial charge is 0.375 e. The average Bonchev–Trinajstić information content (AvgIpc) is 2.65. The van der Waals surface area contributed by atoms with Gasteiger partial charge in [0.05, 0.1) is 18.2 Å². The summed E-state index contributed by atoms with van der Waals surface area (Å²) in [5.74, 6) is 4.57. The normalized spacial score (nSPS) is 31.6. The van der Waals surface area contributed by atoms with Crippen molar-refractivity contribution >= 4 is 0 Å². The lowest BCUT2D eigenvalue weighted by atomic mass is 9.80. The van der Waals surface area contributed by atoms with Gasteiger partial charge in [0.1, 0.15) is 11.6 Å². The number of hydrogen-bond donors (Lipinski definition) is 2. The van der Waals surface area contributed by atoms with E-state index in [9.17, 15) is 8.78 Å². The Morgan fingerprint density at radius 3 is 2.35 bits per heavy atom. The molecule has 0 aromatic heterocycles. The maximum absolute atomic E-state index is 14.3. The molecule has 1 aliphatic heterocycles. The summed E-state index contributed by atoms with van der Waals surface area (Å²) in [5, 5.41) is 0. The van der Waals surface area contributed by atoms with Gasteiger partial charge in [-0.3, -0.25) is 11.3 Å². The average molecular weight is 284 g/mol. The molecule has 1 fully saturated rings. The molecule has 2 rings (SSSR count). The molecule has 5 atom stereocenters. The lowest BCUT2D eigenvalue weighted by Crippen LogP contribution is -2.39. The molecule has 1 saturated heterocycles. The molecule has 0 bridgehead atoms. The number of halogens is 2. The van der Waals surface area contributed by atoms with Gasteiger partial charge >= 0.3 is 0 Å². The first kappa shape index (κ1) is 15.4. The van der Waals surface area contributed by atoms with Crippen LogP contribution in [0, 0.1) is 30.4 Å². The van der Waals surface area contributed by atoms with Crippen LogP contribution in [0.15, 0.2) is 12.1 Å². The van der Waals surface area contributed by atoms with Crippen LogP contribution in [-0.2, 0) is 4.74 Å². The van der Waals surface area contributed by atoms with Crippen molar-refractivity contribution in [2.24, 2.45) is 17.7 Å². The first-order valence-corrected chi connectivity index (χ1v) is 6.94. The Bertz CT molecular complexity index is 495. The number of hydrazine groups is 1. The molecule has 0 amide bonds. The molecule has 1 aromatic rings. The maximum Gasteiger partial charge on any atom is 0.133 e. The molecule has 1 heterocycles. The second-order valence-corrected chi connectivity index (χ2v) is 5.72. The zero-order valence-electron chi connectivity index (χ0n) is 12.3. The van der Waals surface area contributed by atoms with E-state index in [2.05, 4.69) is 5.43 Å². The molecule has 5 heteroatoms. The first-order chi connectivity index (χ1) is 9.38. The lowest BCUT2D eigenvalue weighted by Gasteiger charge is -2.29. The second kappa shape index (κ2) is 5.76. The van der Waals surface area contributed by atoms with Gasteiger partial charge in [0.2, 0.25) is 0 Å². The van der Waals surface area contributed by atoms with Gasteiger partial charge in [0.25, 0.3) is 0 Å². The highest BCUT2D eigenvalue weighted by atomic mass is 19.1. The van der Waals surface area contributed by atoms with Crippen LogP contribution in [0.1, 0.15) is 37.9 Å². The van der Waals surface area contributed by atoms with E-state index in [1.807, 2.05) is 20.8 Å². The third-order valence-corrected chi connectivity index (χ3v) is 4.51. The van der Waals surface area contributed by atoms with Crippen molar-refractivity contribution in [3.63, 3.8) is 0 Å². The van der Waals surface area contributed by atoms with Gasteiger partial charge in [0, 0.05) is 11.5 Å². The summed E-state index contributed by atoms with van der Waals surface area (Å²) in [7, 11) is 0. The Kier molecular flexibility index (Phi) is 4.42. The van der Waals surface area contributed by atoms with Crippen molar-refractivity contribution < 1.29 is 13.5 Å². The minimum Gasteiger partial charge on any atom is -0.375 e. The summed E-state index contributed by atoms with van der Waals surface area (Å²) in [6.45, 7) is 7.53. The summed E-state index contributed by atoms with van der Waals surface area (Å²) in [4.78, 5) is 0. The SMILES string of the molecule is Cc1ccc(F)c(C(NN)C2C(C)OC(C)C2C)c1F. The number of benzene rings is 1. The molecule has 20 heavy (non-hydrogen) atoms. The van der Waals surface area contributed by atoms with Crippen LogP contribution in [0.4, 0.5) is 8.78 Å². The number of rotatable bonds is 3. The highest BCUT2D eigenvalue weighted by Crippen LogP contribution is 2.41. The van der Waals surface area contributed by atoms with Crippen LogP contribution < -0.4 is 11.3 Å². The molecule has 1 aliphatic rings. The number of nitrogens with two attached hydrogens (primary N) is 1. The summed E-state index contributed by atoms with van der Waals surface area (Å²) in [6.07, 6.45) is -0.0675. The van der Waals surface area contributed by atoms with Crippen LogP contribution in [0.25, 0.3) is 0 Å². The summed E-state index contributed by atoms with van der Waals surface area (Å²) in [5.41, 5.74) is 3.01. The number of nitrogens with one attached hydrogen (secondary N) is 1. The summed E-state index contributed by atoms with van der Waals surface area (Å²) >= 11 is 0. The van der Waals surface area contributed by atoms with Gasteiger partial charge in [-0.15, -0.1) is 0 Å². The van der Waals surface area contributed by atoms with Gasteiger partial charge in [-0.1, -0.05) is 13.0 Å². The first-order valence-electron chi connectivity index (χ1n) is 6.94. The van der Waals surface area contributed by atoms with Crippen LogP contribution >= 0.6 is 0 Å².